The minimum Gasteiger partial charge on any atom is -0.312 e. The Morgan fingerprint density at radius 3 is 2.38 bits per heavy atom. The largest absolute Gasteiger partial charge is 0.312 e. The van der Waals surface area contributed by atoms with Crippen molar-refractivity contribution in [2.45, 2.75) is 50.8 Å². The summed E-state index contributed by atoms with van der Waals surface area (Å²) < 4.78 is 22.8. The quantitative estimate of drug-likeness (QED) is 0.668. The molecule has 0 aromatic heterocycles. The fourth-order valence-electron chi connectivity index (χ4n) is 1.56. The molecule has 0 spiro atoms. The van der Waals surface area contributed by atoms with Crippen LogP contribution in [-0.2, 0) is 9.84 Å². The van der Waals surface area contributed by atoms with Crippen LogP contribution in [0.2, 0.25) is 0 Å². The minimum absolute atomic E-state index is 0.0135. The summed E-state index contributed by atoms with van der Waals surface area (Å²) in [6.07, 6.45) is 5.79. The van der Waals surface area contributed by atoms with Crippen molar-refractivity contribution in [3.8, 4) is 0 Å². The van der Waals surface area contributed by atoms with Gasteiger partial charge in [-0.05, 0) is 39.7 Å². The summed E-state index contributed by atoms with van der Waals surface area (Å²) in [4.78, 5) is 0. The van der Waals surface area contributed by atoms with Crippen molar-refractivity contribution in [1.82, 2.24) is 5.32 Å². The summed E-state index contributed by atoms with van der Waals surface area (Å²) in [5.74, 6) is 0. The number of nitrogens with one attached hydrogen (secondary N) is 1. The van der Waals surface area contributed by atoms with E-state index in [4.69, 9.17) is 0 Å². The van der Waals surface area contributed by atoms with E-state index in [0.717, 1.165) is 25.8 Å². The Bertz CT molecular complexity index is 307. The molecule has 4 heteroatoms. The number of rotatable bonds is 8. The molecule has 0 aliphatic carbocycles. The Hall–Kier alpha value is -0.350. The van der Waals surface area contributed by atoms with E-state index in [1.165, 1.54) is 6.26 Å². The first-order valence-electron chi connectivity index (χ1n) is 5.81. The fraction of sp³-hybridized carbons (Fsp3) is 0.833. The van der Waals surface area contributed by atoms with Crippen LogP contribution in [0.1, 0.15) is 40.0 Å². The lowest BCUT2D eigenvalue weighted by atomic mass is 9.98. The molecule has 96 valence electrons. The van der Waals surface area contributed by atoms with Crippen LogP contribution in [0.3, 0.4) is 0 Å². The van der Waals surface area contributed by atoms with E-state index in [1.54, 1.807) is 13.8 Å². The molecule has 0 radical (unpaired) electrons. The second-order valence-corrected chi connectivity index (χ2v) is 7.34. The Labute approximate surface area is 100 Å². The third kappa shape index (κ3) is 4.26. The molecule has 0 amide bonds. The molecule has 0 aromatic rings. The van der Waals surface area contributed by atoms with Gasteiger partial charge in [-0.2, -0.15) is 0 Å². The minimum atomic E-state index is -3.06. The predicted molar refractivity (Wildman–Crippen MR) is 70.4 cm³/mol. The van der Waals surface area contributed by atoms with E-state index in [-0.39, 0.29) is 6.04 Å². The van der Waals surface area contributed by atoms with Gasteiger partial charge < -0.3 is 5.32 Å². The molecule has 16 heavy (non-hydrogen) atoms. The lowest BCUT2D eigenvalue weighted by Crippen LogP contribution is -2.51. The van der Waals surface area contributed by atoms with E-state index in [2.05, 4.69) is 18.8 Å². The van der Waals surface area contributed by atoms with Gasteiger partial charge in [0, 0.05) is 12.3 Å². The molecule has 1 unspecified atom stereocenters. The molecule has 0 aliphatic heterocycles. The van der Waals surface area contributed by atoms with Crippen LogP contribution in [0, 0.1) is 0 Å². The summed E-state index contributed by atoms with van der Waals surface area (Å²) in [7, 11) is -3.06. The third-order valence-electron chi connectivity index (χ3n) is 3.10. The second kappa shape index (κ2) is 6.40. The van der Waals surface area contributed by atoms with Crippen molar-refractivity contribution in [3.05, 3.63) is 12.7 Å². The van der Waals surface area contributed by atoms with Gasteiger partial charge in [-0.15, -0.1) is 6.58 Å². The highest BCUT2D eigenvalue weighted by molar-refractivity contribution is 7.92. The van der Waals surface area contributed by atoms with Crippen molar-refractivity contribution in [2.75, 3.05) is 12.8 Å². The van der Waals surface area contributed by atoms with Crippen molar-refractivity contribution in [1.29, 1.82) is 0 Å². The lowest BCUT2D eigenvalue weighted by Gasteiger charge is -2.33. The van der Waals surface area contributed by atoms with Gasteiger partial charge in [0.2, 0.25) is 0 Å². The highest BCUT2D eigenvalue weighted by atomic mass is 32.2. The SMILES string of the molecule is C=CCCC(NCCC)C(C)(C)S(C)(=O)=O. The predicted octanol–water partition coefficient (Wildman–Crippen LogP) is 2.14. The first-order valence-corrected chi connectivity index (χ1v) is 7.70. The maximum Gasteiger partial charge on any atom is 0.154 e. The summed E-state index contributed by atoms with van der Waals surface area (Å²) in [5, 5.41) is 3.32. The first-order chi connectivity index (χ1) is 7.27. The molecule has 0 bridgehead atoms. The van der Waals surface area contributed by atoms with Gasteiger partial charge in [-0.25, -0.2) is 8.42 Å². The second-order valence-electron chi connectivity index (χ2n) is 4.75. The standard InChI is InChI=1S/C12H25NO2S/c1-6-8-9-11(13-10-7-2)12(3,4)16(5,14)15/h6,11,13H,1,7-10H2,2-5H3. The first kappa shape index (κ1) is 15.7. The van der Waals surface area contributed by atoms with Gasteiger partial charge in [0.05, 0.1) is 4.75 Å². The van der Waals surface area contributed by atoms with Crippen LogP contribution >= 0.6 is 0 Å². The van der Waals surface area contributed by atoms with Crippen molar-refractivity contribution in [2.24, 2.45) is 0 Å². The van der Waals surface area contributed by atoms with Crippen LogP contribution < -0.4 is 5.32 Å². The molecule has 0 rings (SSSR count). The fourth-order valence-corrected chi connectivity index (χ4v) is 2.27. The van der Waals surface area contributed by atoms with Gasteiger partial charge in [-0.1, -0.05) is 13.0 Å². The van der Waals surface area contributed by atoms with Crippen molar-refractivity contribution < 1.29 is 8.42 Å². The highest BCUT2D eigenvalue weighted by Gasteiger charge is 2.37. The zero-order valence-corrected chi connectivity index (χ0v) is 11.7. The normalized spacial score (nSPS) is 14.8. The molecule has 0 saturated carbocycles. The molecule has 0 fully saturated rings. The van der Waals surface area contributed by atoms with E-state index < -0.39 is 14.6 Å². The summed E-state index contributed by atoms with van der Waals surface area (Å²) in [6, 6.07) is -0.0135. The molecule has 1 N–H and O–H groups in total. The molecule has 3 nitrogen and oxygen atoms in total. The maximum atomic E-state index is 11.8. The van der Waals surface area contributed by atoms with Gasteiger partial charge in [0.25, 0.3) is 0 Å². The number of sulfone groups is 1. The molecule has 0 aromatic carbocycles. The molecule has 1 atom stereocenters. The zero-order chi connectivity index (χ0) is 12.8. The number of allylic oxidation sites excluding steroid dienone is 1. The molecular formula is C12H25NO2S. The molecule has 0 aliphatic rings. The van der Waals surface area contributed by atoms with Crippen molar-refractivity contribution in [3.63, 3.8) is 0 Å². The summed E-state index contributed by atoms with van der Waals surface area (Å²) >= 11 is 0. The van der Waals surface area contributed by atoms with E-state index in [9.17, 15) is 8.42 Å². The molecular weight excluding hydrogens is 222 g/mol. The van der Waals surface area contributed by atoms with Crippen LogP contribution in [0.15, 0.2) is 12.7 Å². The number of hydrogen-bond donors (Lipinski definition) is 1. The van der Waals surface area contributed by atoms with Gasteiger partial charge in [0.15, 0.2) is 9.84 Å². The van der Waals surface area contributed by atoms with Crippen LogP contribution in [0.25, 0.3) is 0 Å². The molecule has 0 heterocycles. The average molecular weight is 247 g/mol. The van der Waals surface area contributed by atoms with Gasteiger partial charge in [-0.3, -0.25) is 0 Å². The smallest absolute Gasteiger partial charge is 0.154 e. The third-order valence-corrected chi connectivity index (χ3v) is 5.29. The monoisotopic (exact) mass is 247 g/mol. The number of hydrogen-bond acceptors (Lipinski definition) is 3. The van der Waals surface area contributed by atoms with Crippen LogP contribution in [0.4, 0.5) is 0 Å². The van der Waals surface area contributed by atoms with E-state index in [0.29, 0.717) is 0 Å². The van der Waals surface area contributed by atoms with Gasteiger partial charge >= 0.3 is 0 Å². The van der Waals surface area contributed by atoms with Crippen molar-refractivity contribution >= 4 is 9.84 Å². The Kier molecular flexibility index (Phi) is 6.26. The topological polar surface area (TPSA) is 46.2 Å². The van der Waals surface area contributed by atoms with E-state index in [1.807, 2.05) is 6.08 Å². The zero-order valence-electron chi connectivity index (χ0n) is 10.9. The Morgan fingerprint density at radius 1 is 1.44 bits per heavy atom. The maximum absolute atomic E-state index is 11.8. The van der Waals surface area contributed by atoms with Crippen LogP contribution in [0.5, 0.6) is 0 Å². The molecule has 0 saturated heterocycles. The van der Waals surface area contributed by atoms with Crippen LogP contribution in [-0.4, -0.2) is 32.0 Å². The summed E-state index contributed by atoms with van der Waals surface area (Å²) in [6.45, 7) is 10.2. The van der Waals surface area contributed by atoms with E-state index >= 15 is 0 Å². The summed E-state index contributed by atoms with van der Waals surface area (Å²) in [5.41, 5.74) is 0. The van der Waals surface area contributed by atoms with Gasteiger partial charge in [0.1, 0.15) is 0 Å². The Balaban J connectivity index is 4.78. The lowest BCUT2D eigenvalue weighted by molar-refractivity contribution is 0.390. The highest BCUT2D eigenvalue weighted by Crippen LogP contribution is 2.23. The average Bonchev–Trinajstić information content (AvgIpc) is 2.16. The Morgan fingerprint density at radius 2 is 2.00 bits per heavy atom.